The standard InChI is InChI=1S/C25H31F5N6O3S/c1-23(2)22(31)36-24(3,17-6-4-5-11-33-40(17,23)38)19-15(26)8-10-18(34-19)35-20(37)16-9-7-14(12-32-16)39-13-25(29,30)21(27)28/h7-10,12,17,21,33,38H,4-6,11,13H2,1-3H3,(H2,31,36)(H,34,35,37)/t17-,24-/m0/s1. The van der Waals surface area contributed by atoms with Crippen molar-refractivity contribution in [3.05, 3.63) is 47.7 Å². The van der Waals surface area contributed by atoms with Crippen LogP contribution >= 0.6 is 10.5 Å². The molecular formula is C25H31F5N6O3S. The highest BCUT2D eigenvalue weighted by Gasteiger charge is 2.59. The third-order valence-electron chi connectivity index (χ3n) is 7.29. The normalized spacial score (nSPS) is 26.4. The first kappa shape index (κ1) is 29.9. The number of aromatic nitrogens is 2. The maximum atomic E-state index is 15.3. The second-order valence-electron chi connectivity index (χ2n) is 10.4. The molecule has 4 rings (SSSR count). The van der Waals surface area contributed by atoms with Gasteiger partial charge in [0.1, 0.15) is 40.1 Å². The van der Waals surface area contributed by atoms with Crippen molar-refractivity contribution in [2.75, 3.05) is 18.5 Å². The van der Waals surface area contributed by atoms with Gasteiger partial charge in [0, 0.05) is 6.54 Å². The fourth-order valence-corrected chi connectivity index (χ4v) is 8.24. The fourth-order valence-electron chi connectivity index (χ4n) is 4.81. The molecular weight excluding hydrogens is 559 g/mol. The van der Waals surface area contributed by atoms with Crippen LogP contribution in [0.5, 0.6) is 5.75 Å². The van der Waals surface area contributed by atoms with Crippen molar-refractivity contribution >= 4 is 28.1 Å². The van der Waals surface area contributed by atoms with Gasteiger partial charge in [0.15, 0.2) is 6.61 Å². The number of carbonyl (C=O) groups excluding carboxylic acids is 1. The molecule has 2 aliphatic rings. The van der Waals surface area contributed by atoms with Crippen LogP contribution in [0.2, 0.25) is 0 Å². The largest absolute Gasteiger partial charge is 0.485 e. The second-order valence-corrected chi connectivity index (χ2v) is 13.5. The Bertz CT molecular complexity index is 1300. The van der Waals surface area contributed by atoms with E-state index in [1.807, 2.05) is 0 Å². The smallest absolute Gasteiger partial charge is 0.340 e. The van der Waals surface area contributed by atoms with Crippen molar-refractivity contribution in [2.45, 2.75) is 67.9 Å². The highest BCUT2D eigenvalue weighted by molar-refractivity contribution is 8.29. The average Bonchev–Trinajstić information content (AvgIpc) is 3.11. The molecule has 0 aliphatic carbocycles. The lowest BCUT2D eigenvalue weighted by molar-refractivity contribution is -0.148. The van der Waals surface area contributed by atoms with Crippen LogP contribution < -0.4 is 20.5 Å². The zero-order chi connectivity index (χ0) is 29.5. The number of pyridine rings is 2. The van der Waals surface area contributed by atoms with E-state index in [2.05, 4.69) is 29.7 Å². The molecule has 1 saturated heterocycles. The predicted octanol–water partition coefficient (Wildman–Crippen LogP) is 4.85. The summed E-state index contributed by atoms with van der Waals surface area (Å²) in [5, 5.41) is 1.98. The lowest BCUT2D eigenvalue weighted by Gasteiger charge is -2.58. The molecule has 2 aliphatic heterocycles. The van der Waals surface area contributed by atoms with Gasteiger partial charge in [-0.05, 0) is 57.9 Å². The Kier molecular flexibility index (Phi) is 8.04. The summed E-state index contributed by atoms with van der Waals surface area (Å²) in [5.41, 5.74) is 4.73. The van der Waals surface area contributed by atoms with E-state index in [1.165, 1.54) is 6.07 Å². The molecule has 0 saturated carbocycles. The summed E-state index contributed by atoms with van der Waals surface area (Å²) >= 11 is 0. The van der Waals surface area contributed by atoms with Crippen LogP contribution in [0.3, 0.4) is 0 Å². The number of nitrogens with two attached hydrogens (primary N) is 1. The van der Waals surface area contributed by atoms with Crippen LogP contribution in [0.25, 0.3) is 0 Å². The summed E-state index contributed by atoms with van der Waals surface area (Å²) in [4.78, 5) is 25.6. The first-order valence-electron chi connectivity index (χ1n) is 12.5. The summed E-state index contributed by atoms with van der Waals surface area (Å²) in [6, 6.07) is 4.64. The fraction of sp³-hybridized carbons (Fsp3) is 0.520. The van der Waals surface area contributed by atoms with Gasteiger partial charge in [0.2, 0.25) is 0 Å². The number of nitrogens with zero attached hydrogens (tertiary/aromatic N) is 3. The van der Waals surface area contributed by atoms with E-state index in [-0.39, 0.29) is 28.8 Å². The summed E-state index contributed by atoms with van der Waals surface area (Å²) < 4.78 is 85.1. The number of rotatable bonds is 7. The summed E-state index contributed by atoms with van der Waals surface area (Å²) in [6.07, 6.45) is -0.816. The number of hydrogen-bond acceptors (Lipinski definition) is 8. The topological polar surface area (TPSA) is 135 Å². The van der Waals surface area contributed by atoms with Gasteiger partial charge in [-0.1, -0.05) is 16.9 Å². The van der Waals surface area contributed by atoms with E-state index in [9.17, 15) is 26.9 Å². The van der Waals surface area contributed by atoms with Gasteiger partial charge >= 0.3 is 12.3 Å². The van der Waals surface area contributed by atoms with E-state index in [4.69, 9.17) is 5.73 Å². The molecule has 0 bridgehead atoms. The van der Waals surface area contributed by atoms with Gasteiger partial charge in [0.05, 0.1) is 16.2 Å². The van der Waals surface area contributed by atoms with Crippen LogP contribution in [0.15, 0.2) is 35.5 Å². The third kappa shape index (κ3) is 5.33. The maximum absolute atomic E-state index is 15.3. The van der Waals surface area contributed by atoms with Gasteiger partial charge in [0.25, 0.3) is 5.91 Å². The number of alkyl halides is 4. The molecule has 2 aromatic heterocycles. The molecule has 2 aromatic rings. The lowest BCUT2D eigenvalue weighted by Crippen LogP contribution is -2.60. The molecule has 9 nitrogen and oxygen atoms in total. The maximum Gasteiger partial charge on any atom is 0.340 e. The molecule has 1 fully saturated rings. The molecule has 0 radical (unpaired) electrons. The Morgan fingerprint density at radius 3 is 2.65 bits per heavy atom. The Morgan fingerprint density at radius 2 is 2.00 bits per heavy atom. The molecule has 0 spiro atoms. The molecule has 4 heterocycles. The SMILES string of the molecule is CC1(C)C(N)=N[C@](C)(c2nc(NC(=O)c3ccc(OCC(F)(F)C(F)F)cn3)ccc2F)[C@@H]2CCCCN[S@]21O. The van der Waals surface area contributed by atoms with Crippen molar-refractivity contribution < 1.29 is 36.0 Å². The number of halogens is 5. The van der Waals surface area contributed by atoms with Crippen LogP contribution in [-0.2, 0) is 5.54 Å². The van der Waals surface area contributed by atoms with Crippen LogP contribution in [0.1, 0.15) is 56.2 Å². The number of amidine groups is 1. The Balaban J connectivity index is 1.58. The van der Waals surface area contributed by atoms with Crippen molar-refractivity contribution in [2.24, 2.45) is 10.7 Å². The number of ether oxygens (including phenoxy) is 1. The first-order valence-corrected chi connectivity index (χ1v) is 14.1. The third-order valence-corrected chi connectivity index (χ3v) is 11.2. The van der Waals surface area contributed by atoms with E-state index >= 15 is 4.39 Å². The van der Waals surface area contributed by atoms with Crippen molar-refractivity contribution in [1.29, 1.82) is 0 Å². The van der Waals surface area contributed by atoms with E-state index in [1.54, 1.807) is 20.8 Å². The number of amides is 1. The van der Waals surface area contributed by atoms with Gasteiger partial charge in [-0.15, -0.1) is 0 Å². The van der Waals surface area contributed by atoms with Crippen molar-refractivity contribution in [3.63, 3.8) is 0 Å². The van der Waals surface area contributed by atoms with Gasteiger partial charge in [-0.3, -0.25) is 14.5 Å². The minimum Gasteiger partial charge on any atom is -0.485 e. The quantitative estimate of drug-likeness (QED) is 0.339. The zero-order valence-corrected chi connectivity index (χ0v) is 22.9. The molecule has 40 heavy (non-hydrogen) atoms. The highest BCUT2D eigenvalue weighted by Crippen LogP contribution is 2.66. The van der Waals surface area contributed by atoms with Crippen molar-refractivity contribution in [1.82, 2.24) is 14.7 Å². The average molecular weight is 591 g/mol. The molecule has 1 amide bonds. The molecule has 3 atom stereocenters. The number of aliphatic imine (C=N–C) groups is 1. The molecule has 15 heteroatoms. The zero-order valence-electron chi connectivity index (χ0n) is 22.1. The summed E-state index contributed by atoms with van der Waals surface area (Å²) in [7, 11) is -2.63. The molecule has 0 aromatic carbocycles. The number of nitrogens with one attached hydrogen (secondary N) is 2. The van der Waals surface area contributed by atoms with Crippen LogP contribution in [-0.4, -0.2) is 61.8 Å². The number of hydrogen-bond donors (Lipinski definition) is 4. The molecule has 0 unspecified atom stereocenters. The van der Waals surface area contributed by atoms with Crippen molar-refractivity contribution in [3.8, 4) is 5.75 Å². The minimum atomic E-state index is -4.34. The highest BCUT2D eigenvalue weighted by atomic mass is 32.3. The number of anilines is 1. The number of carbonyl (C=O) groups is 1. The van der Waals surface area contributed by atoms with E-state index in [0.29, 0.717) is 13.0 Å². The Hall–Kier alpha value is -3.04. The summed E-state index contributed by atoms with van der Waals surface area (Å²) in [5.74, 6) is -5.90. The lowest BCUT2D eigenvalue weighted by atomic mass is 9.88. The van der Waals surface area contributed by atoms with Crippen LogP contribution in [0, 0.1) is 5.82 Å². The molecule has 220 valence electrons. The van der Waals surface area contributed by atoms with Gasteiger partial charge < -0.3 is 20.3 Å². The van der Waals surface area contributed by atoms with Gasteiger partial charge in [-0.2, -0.15) is 8.78 Å². The Morgan fingerprint density at radius 1 is 1.27 bits per heavy atom. The Labute approximate surface area is 229 Å². The van der Waals surface area contributed by atoms with Gasteiger partial charge in [-0.25, -0.2) is 23.1 Å². The van der Waals surface area contributed by atoms with E-state index < -0.39 is 56.7 Å². The molecule has 5 N–H and O–H groups in total. The monoisotopic (exact) mass is 590 g/mol. The predicted molar refractivity (Wildman–Crippen MR) is 142 cm³/mol. The van der Waals surface area contributed by atoms with Crippen LogP contribution in [0.4, 0.5) is 27.8 Å². The van der Waals surface area contributed by atoms with E-state index in [0.717, 1.165) is 37.2 Å². The summed E-state index contributed by atoms with van der Waals surface area (Å²) in [6.45, 7) is 4.29. The second kappa shape index (κ2) is 10.7. The number of fused-ring (bicyclic) bond motifs is 1. The minimum absolute atomic E-state index is 0.0277. The first-order chi connectivity index (χ1) is 18.6.